The van der Waals surface area contributed by atoms with Crippen molar-refractivity contribution in [3.8, 4) is 0 Å². The molecule has 4 atom stereocenters. The minimum Gasteiger partial charge on any atom is -0.481 e. The molecule has 0 spiro atoms. The van der Waals surface area contributed by atoms with Gasteiger partial charge in [-0.05, 0) is 43.7 Å². The first kappa shape index (κ1) is 20.1. The van der Waals surface area contributed by atoms with Crippen LogP contribution < -0.4 is 4.90 Å². The van der Waals surface area contributed by atoms with Crippen LogP contribution in [0.4, 0.5) is 11.4 Å². The number of amides is 1. The molecule has 28 heavy (non-hydrogen) atoms. The monoisotopic (exact) mass is 389 g/mol. The third kappa shape index (κ3) is 3.81. The number of carbonyl (C=O) groups excluding carboxylic acids is 1. The molecule has 1 aromatic rings. The summed E-state index contributed by atoms with van der Waals surface area (Å²) in [6.45, 7) is 7.83. The lowest BCUT2D eigenvalue weighted by Gasteiger charge is -2.36. The van der Waals surface area contributed by atoms with Crippen LogP contribution in [0.1, 0.15) is 44.0 Å². The summed E-state index contributed by atoms with van der Waals surface area (Å²) in [7, 11) is 0. The number of carbonyl (C=O) groups is 2. The van der Waals surface area contributed by atoms with E-state index in [2.05, 4.69) is 13.8 Å². The number of nitro groups is 1. The molecule has 8 heteroatoms. The molecule has 2 fully saturated rings. The van der Waals surface area contributed by atoms with E-state index in [9.17, 15) is 24.8 Å². The number of piperidine rings is 1. The molecule has 1 amide bonds. The topological polar surface area (TPSA) is 104 Å². The first-order valence-electron chi connectivity index (χ1n) is 9.76. The van der Waals surface area contributed by atoms with Gasteiger partial charge in [-0.2, -0.15) is 0 Å². The molecule has 0 aliphatic carbocycles. The van der Waals surface area contributed by atoms with Crippen molar-refractivity contribution < 1.29 is 19.6 Å². The molecule has 3 rings (SSSR count). The van der Waals surface area contributed by atoms with Crippen molar-refractivity contribution in [1.82, 2.24) is 4.90 Å². The first-order chi connectivity index (χ1) is 13.2. The van der Waals surface area contributed by atoms with Gasteiger partial charge in [0.25, 0.3) is 11.6 Å². The summed E-state index contributed by atoms with van der Waals surface area (Å²) in [4.78, 5) is 39.0. The SMILES string of the molecule is CC1CC(C)CN(c2ccc(C(=O)N3CCC(C(=O)O)C3C)cc2[N+](=O)[O-])C1. The second kappa shape index (κ2) is 7.77. The van der Waals surface area contributed by atoms with E-state index in [1.807, 2.05) is 4.90 Å². The highest BCUT2D eigenvalue weighted by Gasteiger charge is 2.39. The molecule has 4 unspecified atom stereocenters. The molecule has 2 aliphatic rings. The summed E-state index contributed by atoms with van der Waals surface area (Å²) in [5.74, 6) is -0.982. The Morgan fingerprint density at radius 3 is 2.36 bits per heavy atom. The highest BCUT2D eigenvalue weighted by atomic mass is 16.6. The molecule has 0 aromatic heterocycles. The number of nitrogens with zero attached hydrogens (tertiary/aromatic N) is 3. The van der Waals surface area contributed by atoms with E-state index in [0.29, 0.717) is 30.5 Å². The normalized spacial score (nSPS) is 27.7. The minimum absolute atomic E-state index is 0.0752. The minimum atomic E-state index is -0.919. The van der Waals surface area contributed by atoms with Gasteiger partial charge in [0.2, 0.25) is 0 Å². The van der Waals surface area contributed by atoms with E-state index in [0.717, 1.165) is 19.5 Å². The van der Waals surface area contributed by atoms with E-state index < -0.39 is 22.9 Å². The number of hydrogen-bond acceptors (Lipinski definition) is 5. The maximum Gasteiger partial charge on any atom is 0.308 e. The van der Waals surface area contributed by atoms with E-state index in [4.69, 9.17) is 0 Å². The quantitative estimate of drug-likeness (QED) is 0.627. The third-order valence-electron chi connectivity index (χ3n) is 5.96. The summed E-state index contributed by atoms with van der Waals surface area (Å²) >= 11 is 0. The summed E-state index contributed by atoms with van der Waals surface area (Å²) in [6.07, 6.45) is 1.49. The van der Waals surface area contributed by atoms with Crippen LogP contribution in [0.2, 0.25) is 0 Å². The Morgan fingerprint density at radius 2 is 1.82 bits per heavy atom. The number of aliphatic carboxylic acids is 1. The fourth-order valence-electron chi connectivity index (χ4n) is 4.65. The zero-order chi connectivity index (χ0) is 20.6. The molecule has 0 saturated carbocycles. The summed E-state index contributed by atoms with van der Waals surface area (Å²) in [5.41, 5.74) is 0.693. The predicted molar refractivity (Wildman–Crippen MR) is 104 cm³/mol. The van der Waals surface area contributed by atoms with Crippen molar-refractivity contribution >= 4 is 23.3 Å². The standard InChI is InChI=1S/C20H27N3O5/c1-12-8-13(2)11-21(10-12)17-5-4-15(9-18(17)23(27)28)19(24)22-7-6-16(14(22)3)20(25)26/h4-5,9,12-14,16H,6-8,10-11H2,1-3H3,(H,25,26). The Bertz CT molecular complexity index is 786. The van der Waals surface area contributed by atoms with Crippen LogP contribution in [0.15, 0.2) is 18.2 Å². The number of benzene rings is 1. The average Bonchev–Trinajstić information content (AvgIpc) is 3.01. The van der Waals surface area contributed by atoms with Crippen LogP contribution >= 0.6 is 0 Å². The molecule has 152 valence electrons. The molecule has 8 nitrogen and oxygen atoms in total. The lowest BCUT2D eigenvalue weighted by Crippen LogP contribution is -2.39. The molecule has 0 radical (unpaired) electrons. The Hall–Kier alpha value is -2.64. The number of nitro benzene ring substituents is 1. The van der Waals surface area contributed by atoms with Crippen LogP contribution in [-0.2, 0) is 4.79 Å². The van der Waals surface area contributed by atoms with Gasteiger partial charge in [-0.15, -0.1) is 0 Å². The highest BCUT2D eigenvalue weighted by molar-refractivity contribution is 5.96. The van der Waals surface area contributed by atoms with Crippen LogP contribution in [0.3, 0.4) is 0 Å². The molecule has 1 N–H and O–H groups in total. The molecule has 2 saturated heterocycles. The Labute approximate surface area is 164 Å². The van der Waals surface area contributed by atoms with Gasteiger partial charge in [-0.3, -0.25) is 19.7 Å². The van der Waals surface area contributed by atoms with Gasteiger partial charge in [0, 0.05) is 37.3 Å². The molecule has 2 aliphatic heterocycles. The third-order valence-corrected chi connectivity index (χ3v) is 5.96. The largest absolute Gasteiger partial charge is 0.481 e. The van der Waals surface area contributed by atoms with Crippen molar-refractivity contribution in [1.29, 1.82) is 0 Å². The Balaban J connectivity index is 1.88. The zero-order valence-corrected chi connectivity index (χ0v) is 16.5. The molecule has 0 bridgehead atoms. The number of carboxylic acid groups (broad SMARTS) is 1. The van der Waals surface area contributed by atoms with Crippen molar-refractivity contribution in [3.63, 3.8) is 0 Å². The zero-order valence-electron chi connectivity index (χ0n) is 16.5. The van der Waals surface area contributed by atoms with Gasteiger partial charge in [-0.25, -0.2) is 0 Å². The lowest BCUT2D eigenvalue weighted by molar-refractivity contribution is -0.384. The molecular formula is C20H27N3O5. The number of anilines is 1. The van der Waals surface area contributed by atoms with E-state index in [-0.39, 0.29) is 17.2 Å². The molecule has 2 heterocycles. The van der Waals surface area contributed by atoms with Crippen LogP contribution in [0.5, 0.6) is 0 Å². The summed E-state index contributed by atoms with van der Waals surface area (Å²) < 4.78 is 0. The van der Waals surface area contributed by atoms with Crippen molar-refractivity contribution in [2.75, 3.05) is 24.5 Å². The summed E-state index contributed by atoms with van der Waals surface area (Å²) in [5, 5.41) is 21.0. The maximum atomic E-state index is 12.9. The maximum absolute atomic E-state index is 12.9. The van der Waals surface area contributed by atoms with Gasteiger partial charge in [0.15, 0.2) is 0 Å². The van der Waals surface area contributed by atoms with Crippen molar-refractivity contribution in [2.24, 2.45) is 17.8 Å². The fourth-order valence-corrected chi connectivity index (χ4v) is 4.65. The van der Waals surface area contributed by atoms with E-state index in [1.165, 1.54) is 11.0 Å². The van der Waals surface area contributed by atoms with Gasteiger partial charge in [-0.1, -0.05) is 13.8 Å². The van der Waals surface area contributed by atoms with Gasteiger partial charge >= 0.3 is 5.97 Å². The fraction of sp³-hybridized carbons (Fsp3) is 0.600. The Kier molecular flexibility index (Phi) is 5.58. The van der Waals surface area contributed by atoms with Crippen LogP contribution in [0.25, 0.3) is 0 Å². The number of carboxylic acids is 1. The second-order valence-electron chi connectivity index (χ2n) is 8.28. The van der Waals surface area contributed by atoms with E-state index in [1.54, 1.807) is 19.1 Å². The summed E-state index contributed by atoms with van der Waals surface area (Å²) in [6, 6.07) is 4.18. The molecule has 1 aromatic carbocycles. The first-order valence-corrected chi connectivity index (χ1v) is 9.76. The smallest absolute Gasteiger partial charge is 0.308 e. The molecular weight excluding hydrogens is 362 g/mol. The van der Waals surface area contributed by atoms with Crippen molar-refractivity contribution in [2.45, 2.75) is 39.7 Å². The van der Waals surface area contributed by atoms with Gasteiger partial charge in [0.05, 0.1) is 10.8 Å². The van der Waals surface area contributed by atoms with Crippen molar-refractivity contribution in [3.05, 3.63) is 33.9 Å². The Morgan fingerprint density at radius 1 is 1.18 bits per heavy atom. The number of rotatable bonds is 4. The number of hydrogen-bond donors (Lipinski definition) is 1. The number of likely N-dealkylation sites (tertiary alicyclic amines) is 1. The predicted octanol–water partition coefficient (Wildman–Crippen LogP) is 3.01. The highest BCUT2D eigenvalue weighted by Crippen LogP contribution is 2.35. The average molecular weight is 389 g/mol. The van der Waals surface area contributed by atoms with Crippen LogP contribution in [-0.4, -0.2) is 52.5 Å². The second-order valence-corrected chi connectivity index (χ2v) is 8.28. The van der Waals surface area contributed by atoms with Gasteiger partial charge in [0.1, 0.15) is 5.69 Å². The van der Waals surface area contributed by atoms with Crippen LogP contribution in [0, 0.1) is 27.9 Å². The van der Waals surface area contributed by atoms with Gasteiger partial charge < -0.3 is 14.9 Å². The lowest BCUT2D eigenvalue weighted by atomic mass is 9.91. The van der Waals surface area contributed by atoms with E-state index >= 15 is 0 Å².